The molecule has 0 aliphatic rings. The fourth-order valence-corrected chi connectivity index (χ4v) is 8.28. The van der Waals surface area contributed by atoms with E-state index >= 15 is 0 Å². The van der Waals surface area contributed by atoms with Crippen molar-refractivity contribution in [1.29, 1.82) is 0 Å². The second kappa shape index (κ2) is 8.93. The predicted octanol–water partition coefficient (Wildman–Crippen LogP) is 5.87. The molecule has 21 heavy (non-hydrogen) atoms. The topological polar surface area (TPSA) is 17.1 Å². The molecule has 1 nitrogen and oxygen atoms in total. The molecule has 0 unspecified atom stereocenters. The molecule has 1 radical (unpaired) electrons. The predicted molar refractivity (Wildman–Crippen MR) is 96.2 cm³/mol. The Labute approximate surface area is 158 Å². The van der Waals surface area contributed by atoms with Crippen LogP contribution in [-0.4, -0.2) is 0 Å². The van der Waals surface area contributed by atoms with Crippen LogP contribution in [0.4, 0.5) is 0 Å². The molecular weight excluding hydrogens is 428 g/mol. The monoisotopic (exact) mass is 437 g/mol. The Morgan fingerprint density at radius 3 is 1.71 bits per heavy atom. The van der Waals surface area contributed by atoms with E-state index in [1.807, 2.05) is 0 Å². The van der Waals surface area contributed by atoms with Gasteiger partial charge >= 0.3 is 0 Å². The van der Waals surface area contributed by atoms with Crippen LogP contribution in [0.2, 0.25) is 0 Å². The van der Waals surface area contributed by atoms with E-state index in [1.165, 1.54) is 40.8 Å². The average Bonchev–Trinajstić information content (AvgIpc) is 3.16. The second-order valence-electron chi connectivity index (χ2n) is 3.77. The molecule has 3 aromatic heterocycles. The number of rotatable bonds is 6. The van der Waals surface area contributed by atoms with Crippen molar-refractivity contribution in [2.45, 2.75) is 19.9 Å². The smallest absolute Gasteiger partial charge is 0.265 e. The van der Waals surface area contributed by atoms with E-state index in [1.54, 1.807) is 46.2 Å². The van der Waals surface area contributed by atoms with Crippen molar-refractivity contribution in [2.24, 2.45) is 0 Å². The zero-order chi connectivity index (χ0) is 13.8. The zero-order valence-corrected chi connectivity index (χ0v) is 16.4. The van der Waals surface area contributed by atoms with Crippen LogP contribution in [0.1, 0.15) is 9.75 Å². The number of thiophene rings is 2. The average molecular weight is 438 g/mol. The van der Waals surface area contributed by atoms with Gasteiger partial charge in [0.25, 0.3) is 4.06 Å². The van der Waals surface area contributed by atoms with Crippen LogP contribution in [0, 0.1) is 0 Å². The normalized spacial score (nSPS) is 10.5. The molecule has 0 atom stereocenters. The van der Waals surface area contributed by atoms with Crippen LogP contribution in [0.25, 0.3) is 0 Å². The molecule has 0 amide bonds. The summed E-state index contributed by atoms with van der Waals surface area (Å²) >= 11 is 9.88. The Morgan fingerprint density at radius 2 is 1.33 bits per heavy atom. The third-order valence-corrected chi connectivity index (χ3v) is 9.67. The number of thioether (sulfide) groups is 2. The molecule has 0 aromatic carbocycles. The molecule has 0 saturated heterocycles. The van der Waals surface area contributed by atoms with E-state index in [0.29, 0.717) is 0 Å². The molecule has 0 aliphatic heterocycles. The van der Waals surface area contributed by atoms with Gasteiger partial charge in [-0.1, -0.05) is 34.8 Å². The maximum atomic E-state index is 11.6. The first-order chi connectivity index (χ1) is 9.81. The number of hydrogen-bond donors (Lipinski definition) is 0. The summed E-state index contributed by atoms with van der Waals surface area (Å²) in [4.78, 5) is 14.4. The van der Waals surface area contributed by atoms with Crippen molar-refractivity contribution in [3.8, 4) is 0 Å². The minimum absolute atomic E-state index is 0. The number of hydrogen-bond acceptors (Lipinski definition) is 7. The Balaban J connectivity index is 0.00000161. The van der Waals surface area contributed by atoms with Crippen molar-refractivity contribution >= 4 is 68.9 Å². The summed E-state index contributed by atoms with van der Waals surface area (Å²) in [6, 6.07) is 8.43. The third-order valence-electron chi connectivity index (χ3n) is 2.37. The summed E-state index contributed by atoms with van der Waals surface area (Å²) in [5, 5.41) is 4.19. The van der Waals surface area contributed by atoms with E-state index in [9.17, 15) is 4.79 Å². The van der Waals surface area contributed by atoms with Crippen molar-refractivity contribution in [3.63, 3.8) is 0 Å². The first-order valence-corrected chi connectivity index (χ1v) is 11.1. The third kappa shape index (κ3) is 5.25. The summed E-state index contributed by atoms with van der Waals surface area (Å²) in [6.45, 7) is 0. The van der Waals surface area contributed by atoms with Gasteiger partial charge in [-0.25, -0.2) is 0 Å². The first-order valence-electron chi connectivity index (χ1n) is 5.75. The van der Waals surface area contributed by atoms with Gasteiger partial charge in [-0.05, 0) is 22.9 Å². The molecule has 115 valence electrons. The van der Waals surface area contributed by atoms with Crippen LogP contribution < -0.4 is 4.06 Å². The molecule has 3 rings (SSSR count). The molecule has 0 aliphatic carbocycles. The summed E-state index contributed by atoms with van der Waals surface area (Å²) in [5.74, 6) is 1.91. The molecule has 0 saturated carbocycles. The van der Waals surface area contributed by atoms with Gasteiger partial charge < -0.3 is 0 Å². The van der Waals surface area contributed by atoms with E-state index in [2.05, 4.69) is 35.0 Å². The summed E-state index contributed by atoms with van der Waals surface area (Å²) in [7, 11) is 0. The standard InChI is InChI=1S/C13H10OS6.Cu/c14-13-19-11(17-7-9-3-1-5-15-9)12(20-13)18-8-10-4-2-6-16-10;/h1-6H,7-8H2;. The Bertz CT molecular complexity index is 639. The van der Waals surface area contributed by atoms with Crippen molar-refractivity contribution < 1.29 is 17.1 Å². The molecular formula is C13H10CuOS6. The van der Waals surface area contributed by atoms with E-state index in [4.69, 9.17) is 0 Å². The van der Waals surface area contributed by atoms with Crippen molar-refractivity contribution in [1.82, 2.24) is 0 Å². The Hall–Kier alpha value is 0.469. The molecule has 0 spiro atoms. The van der Waals surface area contributed by atoms with Gasteiger partial charge in [0, 0.05) is 38.3 Å². The van der Waals surface area contributed by atoms with Crippen LogP contribution in [0.15, 0.2) is 48.2 Å². The van der Waals surface area contributed by atoms with E-state index in [-0.39, 0.29) is 21.1 Å². The minimum Gasteiger partial charge on any atom is -0.265 e. The van der Waals surface area contributed by atoms with Crippen LogP contribution in [-0.2, 0) is 28.6 Å². The largest absolute Gasteiger partial charge is 0.289 e. The molecule has 0 N–H and O–H groups in total. The quantitative estimate of drug-likeness (QED) is 0.354. The fraction of sp³-hybridized carbons (Fsp3) is 0.154. The van der Waals surface area contributed by atoms with Crippen LogP contribution in [0.5, 0.6) is 0 Å². The zero-order valence-electron chi connectivity index (χ0n) is 10.5. The van der Waals surface area contributed by atoms with Gasteiger partial charge in [0.1, 0.15) is 0 Å². The van der Waals surface area contributed by atoms with Gasteiger partial charge in [0.15, 0.2) is 0 Å². The Morgan fingerprint density at radius 1 is 0.857 bits per heavy atom. The van der Waals surface area contributed by atoms with Gasteiger partial charge in [-0.15, -0.1) is 46.2 Å². The van der Waals surface area contributed by atoms with Gasteiger partial charge in [0.2, 0.25) is 0 Å². The van der Waals surface area contributed by atoms with E-state index in [0.717, 1.165) is 11.5 Å². The minimum atomic E-state index is 0. The van der Waals surface area contributed by atoms with Gasteiger partial charge in [-0.2, -0.15) is 0 Å². The molecule has 0 fully saturated rings. The van der Waals surface area contributed by atoms with E-state index < -0.39 is 0 Å². The molecule has 0 bridgehead atoms. The van der Waals surface area contributed by atoms with Crippen LogP contribution >= 0.6 is 68.9 Å². The fourth-order valence-electron chi connectivity index (χ4n) is 1.50. The van der Waals surface area contributed by atoms with Crippen molar-refractivity contribution in [3.05, 3.63) is 53.6 Å². The molecule has 8 heteroatoms. The summed E-state index contributed by atoms with van der Waals surface area (Å²) < 4.78 is 2.55. The van der Waals surface area contributed by atoms with Crippen molar-refractivity contribution in [2.75, 3.05) is 0 Å². The maximum Gasteiger partial charge on any atom is 0.289 e. The Kier molecular flexibility index (Phi) is 7.58. The molecule has 3 heterocycles. The van der Waals surface area contributed by atoms with Gasteiger partial charge in [-0.3, -0.25) is 4.79 Å². The van der Waals surface area contributed by atoms with Crippen LogP contribution in [0.3, 0.4) is 0 Å². The van der Waals surface area contributed by atoms with Gasteiger partial charge in [0.05, 0.1) is 8.42 Å². The summed E-state index contributed by atoms with van der Waals surface area (Å²) in [6.07, 6.45) is 0. The first kappa shape index (κ1) is 17.8. The summed E-state index contributed by atoms with van der Waals surface area (Å²) in [5.41, 5.74) is 0. The SMILES string of the molecule is O=c1sc(SCc2cccs2)c(SCc2cccs2)s1.[Cu]. The maximum absolute atomic E-state index is 11.6. The molecule has 3 aromatic rings. The second-order valence-corrected chi connectivity index (χ2v) is 10.5.